The second-order valence-corrected chi connectivity index (χ2v) is 8.33. The van der Waals surface area contributed by atoms with E-state index in [0.29, 0.717) is 11.3 Å². The van der Waals surface area contributed by atoms with Crippen LogP contribution in [0, 0.1) is 13.8 Å². The number of hydrogen-bond acceptors (Lipinski definition) is 6. The highest BCUT2D eigenvalue weighted by Gasteiger charge is 2.27. The van der Waals surface area contributed by atoms with Crippen molar-refractivity contribution in [1.82, 2.24) is 14.5 Å². The van der Waals surface area contributed by atoms with E-state index in [2.05, 4.69) is 9.97 Å². The van der Waals surface area contributed by atoms with Crippen LogP contribution in [0.5, 0.6) is 0 Å². The number of H-pyrrole nitrogens is 1. The maximum absolute atomic E-state index is 14.0. The van der Waals surface area contributed by atoms with Gasteiger partial charge >= 0.3 is 5.69 Å². The van der Waals surface area contributed by atoms with Crippen LogP contribution in [0.2, 0.25) is 0 Å². The van der Waals surface area contributed by atoms with Gasteiger partial charge in [-0.3, -0.25) is 29.0 Å². The van der Waals surface area contributed by atoms with Crippen LogP contribution in [0.25, 0.3) is 10.9 Å². The van der Waals surface area contributed by atoms with E-state index in [1.165, 1.54) is 16.6 Å². The highest BCUT2D eigenvalue weighted by Crippen LogP contribution is 2.25. The summed E-state index contributed by atoms with van der Waals surface area (Å²) >= 11 is 0. The Labute approximate surface area is 201 Å². The number of nitrogens with one attached hydrogen (secondary N) is 1. The number of amides is 1. The van der Waals surface area contributed by atoms with E-state index in [0.717, 1.165) is 22.0 Å². The molecule has 0 aliphatic carbocycles. The summed E-state index contributed by atoms with van der Waals surface area (Å²) in [6.07, 6.45) is 0. The number of methoxy groups -OCH3 is 1. The minimum Gasteiger partial charge on any atom is -0.383 e. The van der Waals surface area contributed by atoms with Gasteiger partial charge in [-0.1, -0.05) is 42.0 Å². The molecule has 180 valence electrons. The first-order chi connectivity index (χ1) is 16.8. The third-order valence-electron chi connectivity index (χ3n) is 5.82. The van der Waals surface area contributed by atoms with Crippen molar-refractivity contribution >= 4 is 28.3 Å². The fraction of sp³-hybridized carbons (Fsp3) is 0.231. The maximum Gasteiger partial charge on any atom is 0.330 e. The smallest absolute Gasteiger partial charge is 0.330 e. The second-order valence-electron chi connectivity index (χ2n) is 8.33. The number of aromatic nitrogens is 3. The number of nitrogens with zero attached hydrogens (tertiary/aromatic N) is 3. The highest BCUT2D eigenvalue weighted by atomic mass is 16.5. The van der Waals surface area contributed by atoms with Gasteiger partial charge in [0.15, 0.2) is 5.69 Å². The first-order valence-electron chi connectivity index (χ1n) is 11.2. The third kappa shape index (κ3) is 4.85. The van der Waals surface area contributed by atoms with Gasteiger partial charge in [0.25, 0.3) is 11.5 Å². The summed E-state index contributed by atoms with van der Waals surface area (Å²) in [6, 6.07) is 16.8. The van der Waals surface area contributed by atoms with Gasteiger partial charge < -0.3 is 10.5 Å². The summed E-state index contributed by atoms with van der Waals surface area (Å²) in [7, 11) is 1.50. The average Bonchev–Trinajstić information content (AvgIpc) is 2.83. The number of fused-ring (bicyclic) bond motifs is 1. The van der Waals surface area contributed by atoms with Crippen molar-refractivity contribution in [3.05, 3.63) is 97.8 Å². The molecule has 0 aliphatic heterocycles. The van der Waals surface area contributed by atoms with Crippen LogP contribution < -0.4 is 21.9 Å². The zero-order valence-corrected chi connectivity index (χ0v) is 19.9. The van der Waals surface area contributed by atoms with Gasteiger partial charge in [0.05, 0.1) is 36.5 Å². The number of nitrogens with two attached hydrogens (primary N) is 1. The number of aryl methyl sites for hydroxylation is 2. The topological polar surface area (TPSA) is 123 Å². The van der Waals surface area contributed by atoms with Gasteiger partial charge in [0, 0.05) is 12.5 Å². The van der Waals surface area contributed by atoms with Crippen molar-refractivity contribution < 1.29 is 9.53 Å². The number of rotatable bonds is 7. The molecule has 0 saturated carbocycles. The second kappa shape index (κ2) is 9.94. The summed E-state index contributed by atoms with van der Waals surface area (Å²) in [5.74, 6) is -0.557. The zero-order valence-electron chi connectivity index (χ0n) is 19.9. The fourth-order valence-electron chi connectivity index (χ4n) is 4.02. The van der Waals surface area contributed by atoms with E-state index in [1.54, 1.807) is 13.0 Å². The minimum absolute atomic E-state index is 0.0702. The maximum atomic E-state index is 14.0. The Morgan fingerprint density at radius 3 is 2.57 bits per heavy atom. The SMILES string of the molecule is COCCn1c(N)c(N(Cc2ccccc2)C(=O)c2cc3cc(C)ccc3nc2C)c(=O)[nH]c1=O. The van der Waals surface area contributed by atoms with E-state index < -0.39 is 17.2 Å². The van der Waals surface area contributed by atoms with Crippen molar-refractivity contribution in [2.45, 2.75) is 26.9 Å². The van der Waals surface area contributed by atoms with Crippen molar-refractivity contribution in [3.8, 4) is 0 Å². The molecule has 0 bridgehead atoms. The molecule has 0 unspecified atom stereocenters. The van der Waals surface area contributed by atoms with Crippen molar-refractivity contribution in [2.24, 2.45) is 0 Å². The van der Waals surface area contributed by atoms with Gasteiger partial charge in [-0.05, 0) is 37.6 Å². The molecule has 0 radical (unpaired) electrons. The molecule has 4 rings (SSSR count). The van der Waals surface area contributed by atoms with Crippen LogP contribution >= 0.6 is 0 Å². The highest BCUT2D eigenvalue weighted by molar-refractivity contribution is 6.09. The molecule has 0 spiro atoms. The Morgan fingerprint density at radius 1 is 1.11 bits per heavy atom. The standard InChI is InChI=1S/C26H27N5O4/c1-16-9-10-21-19(13-16)14-20(17(2)28-21)25(33)31(15-18-7-5-4-6-8-18)22-23(27)30(11-12-35-3)26(34)29-24(22)32/h4-10,13-14H,11-12,15,27H2,1-3H3,(H,29,32,34). The first kappa shape index (κ1) is 23.9. The van der Waals surface area contributed by atoms with Gasteiger partial charge in [-0.15, -0.1) is 0 Å². The monoisotopic (exact) mass is 473 g/mol. The average molecular weight is 474 g/mol. The molecule has 0 aliphatic rings. The van der Waals surface area contributed by atoms with E-state index in [9.17, 15) is 14.4 Å². The predicted octanol–water partition coefficient (Wildman–Crippen LogP) is 2.78. The van der Waals surface area contributed by atoms with Crippen LogP contribution in [0.3, 0.4) is 0 Å². The third-order valence-corrected chi connectivity index (χ3v) is 5.82. The number of pyridine rings is 1. The Hall–Kier alpha value is -4.24. The number of anilines is 2. The predicted molar refractivity (Wildman–Crippen MR) is 136 cm³/mol. The van der Waals surface area contributed by atoms with Gasteiger partial charge in [-0.2, -0.15) is 0 Å². The van der Waals surface area contributed by atoms with E-state index >= 15 is 0 Å². The Morgan fingerprint density at radius 2 is 1.86 bits per heavy atom. The van der Waals surface area contributed by atoms with Crippen molar-refractivity contribution in [2.75, 3.05) is 24.4 Å². The summed E-state index contributed by atoms with van der Waals surface area (Å²) in [6.45, 7) is 4.11. The zero-order chi connectivity index (χ0) is 25.1. The summed E-state index contributed by atoms with van der Waals surface area (Å²) in [5, 5.41) is 0.811. The first-order valence-corrected chi connectivity index (χ1v) is 11.2. The number of ether oxygens (including phenoxy) is 1. The summed E-state index contributed by atoms with van der Waals surface area (Å²) < 4.78 is 6.26. The molecule has 4 aromatic rings. The van der Waals surface area contributed by atoms with E-state index in [-0.39, 0.29) is 31.2 Å². The largest absolute Gasteiger partial charge is 0.383 e. The fourth-order valence-corrected chi connectivity index (χ4v) is 4.02. The number of hydrogen-bond donors (Lipinski definition) is 2. The lowest BCUT2D eigenvalue weighted by Crippen LogP contribution is -2.41. The van der Waals surface area contributed by atoms with E-state index in [1.807, 2.05) is 55.5 Å². The molecule has 35 heavy (non-hydrogen) atoms. The quantitative estimate of drug-likeness (QED) is 0.425. The molecule has 2 aromatic carbocycles. The molecule has 1 amide bonds. The Bertz CT molecular complexity index is 1510. The number of carbonyl (C=O) groups is 1. The van der Waals surface area contributed by atoms with Crippen LogP contribution in [-0.2, 0) is 17.8 Å². The van der Waals surface area contributed by atoms with Crippen LogP contribution in [0.15, 0.2) is 64.2 Å². The number of aromatic amines is 1. The molecule has 0 saturated heterocycles. The summed E-state index contributed by atoms with van der Waals surface area (Å²) in [4.78, 5) is 47.6. The molecule has 9 heteroatoms. The lowest BCUT2D eigenvalue weighted by atomic mass is 10.1. The molecular weight excluding hydrogens is 446 g/mol. The summed E-state index contributed by atoms with van der Waals surface area (Å²) in [5.41, 5.74) is 8.27. The van der Waals surface area contributed by atoms with Crippen LogP contribution in [0.1, 0.15) is 27.2 Å². The molecule has 9 nitrogen and oxygen atoms in total. The lowest BCUT2D eigenvalue weighted by molar-refractivity contribution is 0.0984. The Balaban J connectivity index is 1.90. The van der Waals surface area contributed by atoms with Crippen molar-refractivity contribution in [3.63, 3.8) is 0 Å². The molecular formula is C26H27N5O4. The van der Waals surface area contributed by atoms with Gasteiger partial charge in [0.2, 0.25) is 0 Å². The Kier molecular flexibility index (Phi) is 6.79. The lowest BCUT2D eigenvalue weighted by Gasteiger charge is -2.25. The molecule has 2 heterocycles. The normalized spacial score (nSPS) is 11.1. The van der Waals surface area contributed by atoms with Crippen molar-refractivity contribution in [1.29, 1.82) is 0 Å². The van der Waals surface area contributed by atoms with Gasteiger partial charge in [-0.25, -0.2) is 4.79 Å². The van der Waals surface area contributed by atoms with Gasteiger partial charge in [0.1, 0.15) is 5.82 Å². The number of nitrogen functional groups attached to an aromatic ring is 1. The molecule has 3 N–H and O–H groups in total. The number of benzene rings is 2. The molecule has 2 aromatic heterocycles. The van der Waals surface area contributed by atoms with Crippen LogP contribution in [0.4, 0.5) is 11.5 Å². The molecule has 0 fully saturated rings. The molecule has 0 atom stereocenters. The minimum atomic E-state index is -0.743. The van der Waals surface area contributed by atoms with E-state index in [4.69, 9.17) is 10.5 Å². The number of carbonyl (C=O) groups excluding carboxylic acids is 1. The van der Waals surface area contributed by atoms with Crippen LogP contribution in [-0.4, -0.2) is 34.2 Å².